The molecule has 0 amide bonds. The van der Waals surface area contributed by atoms with Gasteiger partial charge in [-0.2, -0.15) is 4.68 Å². The van der Waals surface area contributed by atoms with Crippen LogP contribution in [-0.4, -0.2) is 9.78 Å². The topological polar surface area (TPSA) is 48.0 Å². The summed E-state index contributed by atoms with van der Waals surface area (Å²) in [4.78, 5) is 11.7. The van der Waals surface area contributed by atoms with Crippen LogP contribution in [0.3, 0.4) is 0 Å². The first-order chi connectivity index (χ1) is 10.1. The van der Waals surface area contributed by atoms with E-state index < -0.39 is 17.4 Å². The highest BCUT2D eigenvalue weighted by Gasteiger charge is 2.13. The van der Waals surface area contributed by atoms with Gasteiger partial charge in [0.15, 0.2) is 11.6 Å². The lowest BCUT2D eigenvalue weighted by molar-refractivity contribution is 0.473. The van der Waals surface area contributed by atoms with E-state index in [4.69, 9.17) is 4.42 Å². The molecule has 21 heavy (non-hydrogen) atoms. The van der Waals surface area contributed by atoms with Crippen molar-refractivity contribution in [3.63, 3.8) is 0 Å². The van der Waals surface area contributed by atoms with Gasteiger partial charge in [-0.1, -0.05) is 30.3 Å². The van der Waals surface area contributed by atoms with Crippen molar-refractivity contribution in [1.82, 2.24) is 9.78 Å². The molecule has 6 heteroatoms. The lowest BCUT2D eigenvalue weighted by Gasteiger charge is -2.02. The maximum atomic E-state index is 13.6. The summed E-state index contributed by atoms with van der Waals surface area (Å²) in [7, 11) is 0. The van der Waals surface area contributed by atoms with Crippen molar-refractivity contribution in [3.8, 4) is 11.5 Å². The molecular weight excluding hydrogens is 278 g/mol. The van der Waals surface area contributed by atoms with Crippen molar-refractivity contribution in [2.45, 2.75) is 6.54 Å². The van der Waals surface area contributed by atoms with E-state index in [9.17, 15) is 13.6 Å². The highest BCUT2D eigenvalue weighted by atomic mass is 19.2. The summed E-state index contributed by atoms with van der Waals surface area (Å²) in [5, 5.41) is 3.99. The van der Waals surface area contributed by atoms with Crippen LogP contribution in [0.25, 0.3) is 11.5 Å². The highest BCUT2D eigenvalue weighted by molar-refractivity contribution is 5.51. The lowest BCUT2D eigenvalue weighted by Crippen LogP contribution is -2.17. The predicted octanol–water partition coefficient (Wildman–Crippen LogP) is 2.83. The summed E-state index contributed by atoms with van der Waals surface area (Å²) in [6, 6.07) is 12.6. The average molecular weight is 288 g/mol. The number of rotatable bonds is 3. The smallest absolute Gasteiger partial charge is 0.388 e. The average Bonchev–Trinajstić information content (AvgIpc) is 2.86. The predicted molar refractivity (Wildman–Crippen MR) is 71.7 cm³/mol. The molecule has 0 spiro atoms. The van der Waals surface area contributed by atoms with Gasteiger partial charge >= 0.3 is 5.76 Å². The fourth-order valence-electron chi connectivity index (χ4n) is 1.94. The van der Waals surface area contributed by atoms with E-state index in [1.165, 1.54) is 12.1 Å². The first-order valence-corrected chi connectivity index (χ1v) is 6.21. The van der Waals surface area contributed by atoms with Gasteiger partial charge in [0.2, 0.25) is 5.89 Å². The quantitative estimate of drug-likeness (QED) is 0.744. The van der Waals surface area contributed by atoms with Gasteiger partial charge in [0.1, 0.15) is 0 Å². The van der Waals surface area contributed by atoms with Gasteiger partial charge in [-0.05, 0) is 18.2 Å². The first-order valence-electron chi connectivity index (χ1n) is 6.21. The van der Waals surface area contributed by atoms with Crippen LogP contribution in [0, 0.1) is 11.6 Å². The zero-order valence-corrected chi connectivity index (χ0v) is 10.8. The molecule has 2 aromatic carbocycles. The number of halogens is 2. The minimum atomic E-state index is -0.992. The standard InChI is InChI=1S/C15H10F2N2O2/c16-12-8-4-7-11(13(12)17)9-19-15(20)21-14(18-19)10-5-2-1-3-6-10/h1-8H,9H2. The molecule has 0 atom stereocenters. The maximum Gasteiger partial charge on any atom is 0.437 e. The van der Waals surface area contributed by atoms with Crippen molar-refractivity contribution in [1.29, 1.82) is 0 Å². The Morgan fingerprint density at radius 2 is 1.81 bits per heavy atom. The third kappa shape index (κ3) is 2.60. The number of nitrogens with zero attached hydrogens (tertiary/aromatic N) is 2. The summed E-state index contributed by atoms with van der Waals surface area (Å²) >= 11 is 0. The van der Waals surface area contributed by atoms with Gasteiger partial charge in [0, 0.05) is 11.1 Å². The number of hydrogen-bond donors (Lipinski definition) is 0. The van der Waals surface area contributed by atoms with Crippen LogP contribution < -0.4 is 5.76 Å². The zero-order valence-electron chi connectivity index (χ0n) is 10.8. The van der Waals surface area contributed by atoms with Gasteiger partial charge < -0.3 is 4.42 Å². The molecule has 1 aromatic heterocycles. The van der Waals surface area contributed by atoms with Crippen molar-refractivity contribution >= 4 is 0 Å². The molecule has 0 aliphatic carbocycles. The molecule has 0 fully saturated rings. The molecule has 0 saturated carbocycles. The van der Waals surface area contributed by atoms with Crippen molar-refractivity contribution < 1.29 is 13.2 Å². The molecule has 0 radical (unpaired) electrons. The molecule has 3 aromatic rings. The summed E-state index contributed by atoms with van der Waals surface area (Å²) in [6.45, 7) is -0.196. The third-order valence-corrected chi connectivity index (χ3v) is 2.98. The number of aromatic nitrogens is 2. The summed E-state index contributed by atoms with van der Waals surface area (Å²) in [6.07, 6.45) is 0. The van der Waals surface area contributed by atoms with Crippen molar-refractivity contribution in [3.05, 3.63) is 76.3 Å². The SMILES string of the molecule is O=c1oc(-c2ccccc2)nn1Cc1cccc(F)c1F. The summed E-state index contributed by atoms with van der Waals surface area (Å²) in [5.41, 5.74) is 0.665. The van der Waals surface area contributed by atoms with E-state index in [1.807, 2.05) is 6.07 Å². The number of hydrogen-bond acceptors (Lipinski definition) is 3. The van der Waals surface area contributed by atoms with Crippen molar-refractivity contribution in [2.24, 2.45) is 0 Å². The summed E-state index contributed by atoms with van der Waals surface area (Å²) in [5.74, 6) is -2.55. The molecule has 4 nitrogen and oxygen atoms in total. The van der Waals surface area contributed by atoms with Crippen LogP contribution in [-0.2, 0) is 6.54 Å². The van der Waals surface area contributed by atoms with Gasteiger partial charge in [0.05, 0.1) is 6.54 Å². The fourth-order valence-corrected chi connectivity index (χ4v) is 1.94. The maximum absolute atomic E-state index is 13.6. The van der Waals surface area contributed by atoms with Gasteiger partial charge in [-0.25, -0.2) is 13.6 Å². The lowest BCUT2D eigenvalue weighted by atomic mass is 10.2. The number of benzene rings is 2. The molecule has 0 aliphatic rings. The van der Waals surface area contributed by atoms with Crippen LogP contribution in [0.15, 0.2) is 57.7 Å². The first kappa shape index (κ1) is 13.2. The van der Waals surface area contributed by atoms with Crippen LogP contribution in [0.5, 0.6) is 0 Å². The Labute approximate surface area is 118 Å². The Bertz CT molecular complexity index is 825. The van der Waals surface area contributed by atoms with Crippen molar-refractivity contribution in [2.75, 3.05) is 0 Å². The van der Waals surface area contributed by atoms with Crippen LogP contribution in [0.1, 0.15) is 5.56 Å². The monoisotopic (exact) mass is 288 g/mol. The van der Waals surface area contributed by atoms with Crippen LogP contribution in [0.4, 0.5) is 8.78 Å². The minimum absolute atomic E-state index is 0.0324. The van der Waals surface area contributed by atoms with Gasteiger partial charge in [-0.3, -0.25) is 0 Å². The molecule has 0 unspecified atom stereocenters. The van der Waals surface area contributed by atoms with E-state index >= 15 is 0 Å². The molecular formula is C15H10F2N2O2. The molecule has 106 valence electrons. The molecule has 1 heterocycles. The second-order valence-electron chi connectivity index (χ2n) is 4.41. The van der Waals surface area contributed by atoms with E-state index in [2.05, 4.69) is 5.10 Å². The van der Waals surface area contributed by atoms with E-state index in [-0.39, 0.29) is 18.0 Å². The van der Waals surface area contributed by atoms with E-state index in [0.29, 0.717) is 5.56 Å². The third-order valence-electron chi connectivity index (χ3n) is 2.98. The minimum Gasteiger partial charge on any atom is -0.388 e. The summed E-state index contributed by atoms with van der Waals surface area (Å²) < 4.78 is 32.7. The Morgan fingerprint density at radius 1 is 1.05 bits per heavy atom. The Morgan fingerprint density at radius 3 is 2.57 bits per heavy atom. The Hall–Kier alpha value is -2.76. The van der Waals surface area contributed by atoms with E-state index in [1.54, 1.807) is 24.3 Å². The second-order valence-corrected chi connectivity index (χ2v) is 4.41. The molecule has 0 aliphatic heterocycles. The van der Waals surface area contributed by atoms with Gasteiger partial charge in [0.25, 0.3) is 0 Å². The Balaban J connectivity index is 1.96. The normalized spacial score (nSPS) is 10.8. The van der Waals surface area contributed by atoms with Crippen LogP contribution >= 0.6 is 0 Å². The largest absolute Gasteiger partial charge is 0.437 e. The molecule has 0 bridgehead atoms. The molecule has 0 N–H and O–H groups in total. The van der Waals surface area contributed by atoms with E-state index in [0.717, 1.165) is 10.7 Å². The van der Waals surface area contributed by atoms with Crippen LogP contribution in [0.2, 0.25) is 0 Å². The highest BCUT2D eigenvalue weighted by Crippen LogP contribution is 2.16. The molecule has 0 saturated heterocycles. The zero-order chi connectivity index (χ0) is 14.8. The van der Waals surface area contributed by atoms with Gasteiger partial charge in [-0.15, -0.1) is 5.10 Å². The Kier molecular flexibility index (Phi) is 3.35. The molecule has 3 rings (SSSR count). The fraction of sp³-hybridized carbons (Fsp3) is 0.0667. The second kappa shape index (κ2) is 5.32.